The lowest BCUT2D eigenvalue weighted by molar-refractivity contribution is -0.130. The summed E-state index contributed by atoms with van der Waals surface area (Å²) >= 11 is 0. The van der Waals surface area contributed by atoms with Gasteiger partial charge in [0.2, 0.25) is 5.78 Å². The number of furan rings is 2. The second kappa shape index (κ2) is 6.36. The third-order valence-corrected chi connectivity index (χ3v) is 4.22. The Morgan fingerprint density at radius 2 is 1.85 bits per heavy atom. The van der Waals surface area contributed by atoms with E-state index in [-0.39, 0.29) is 17.9 Å². The number of ketones is 1. The number of Topliss-reactive ketones (excluding diaryl/α,β-unsaturated/α-hetero) is 1. The van der Waals surface area contributed by atoms with Crippen molar-refractivity contribution in [3.05, 3.63) is 89.7 Å². The van der Waals surface area contributed by atoms with Crippen LogP contribution in [-0.2, 0) is 11.3 Å². The van der Waals surface area contributed by atoms with Crippen molar-refractivity contribution >= 4 is 11.7 Å². The van der Waals surface area contributed by atoms with E-state index in [1.807, 2.05) is 0 Å². The number of aliphatic hydroxyl groups is 1. The van der Waals surface area contributed by atoms with E-state index in [1.165, 1.54) is 23.5 Å². The van der Waals surface area contributed by atoms with Crippen molar-refractivity contribution in [2.45, 2.75) is 12.6 Å². The van der Waals surface area contributed by atoms with Gasteiger partial charge in [0.15, 0.2) is 11.5 Å². The van der Waals surface area contributed by atoms with Crippen molar-refractivity contribution in [1.82, 2.24) is 9.88 Å². The average Bonchev–Trinajstić information content (AvgIpc) is 3.40. The maximum Gasteiger partial charge on any atom is 0.290 e. The first-order valence-corrected chi connectivity index (χ1v) is 7.91. The number of nitrogens with zero attached hydrogens (tertiary/aromatic N) is 2. The van der Waals surface area contributed by atoms with Crippen LogP contribution in [0.2, 0.25) is 0 Å². The van der Waals surface area contributed by atoms with Gasteiger partial charge in [0.25, 0.3) is 5.91 Å². The van der Waals surface area contributed by atoms with Gasteiger partial charge in [0.1, 0.15) is 5.76 Å². The molecule has 0 radical (unpaired) electrons. The number of carbonyl (C=O) groups is 2. The van der Waals surface area contributed by atoms with E-state index in [0.717, 1.165) is 0 Å². The molecule has 7 nitrogen and oxygen atoms in total. The summed E-state index contributed by atoms with van der Waals surface area (Å²) in [6, 6.07) is 9.12. The van der Waals surface area contributed by atoms with Crippen LogP contribution in [0.4, 0.5) is 0 Å². The number of amides is 1. The van der Waals surface area contributed by atoms with Gasteiger partial charge in [-0.05, 0) is 42.0 Å². The Kier molecular flexibility index (Phi) is 3.89. The zero-order valence-corrected chi connectivity index (χ0v) is 13.5. The topological polar surface area (TPSA) is 96.8 Å². The molecule has 26 heavy (non-hydrogen) atoms. The van der Waals surface area contributed by atoms with Crippen molar-refractivity contribution in [2.24, 2.45) is 0 Å². The fraction of sp³-hybridized carbons (Fsp3) is 0.105. The van der Waals surface area contributed by atoms with Crippen LogP contribution in [-0.4, -0.2) is 26.7 Å². The van der Waals surface area contributed by atoms with Crippen molar-refractivity contribution < 1.29 is 23.5 Å². The fourth-order valence-electron chi connectivity index (χ4n) is 3.05. The third kappa shape index (κ3) is 2.59. The van der Waals surface area contributed by atoms with Gasteiger partial charge in [-0.2, -0.15) is 0 Å². The fourth-order valence-corrected chi connectivity index (χ4v) is 3.05. The lowest BCUT2D eigenvalue weighted by atomic mass is 9.96. The Hall–Kier alpha value is -3.61. The van der Waals surface area contributed by atoms with Crippen LogP contribution in [0.25, 0.3) is 0 Å². The van der Waals surface area contributed by atoms with Gasteiger partial charge in [-0.1, -0.05) is 0 Å². The van der Waals surface area contributed by atoms with Crippen molar-refractivity contribution in [2.75, 3.05) is 0 Å². The summed E-state index contributed by atoms with van der Waals surface area (Å²) in [5.74, 6) is -1.17. The van der Waals surface area contributed by atoms with E-state index in [9.17, 15) is 14.7 Å². The van der Waals surface area contributed by atoms with E-state index in [4.69, 9.17) is 8.83 Å². The van der Waals surface area contributed by atoms with Crippen LogP contribution < -0.4 is 0 Å². The number of pyridine rings is 1. The maximum atomic E-state index is 12.9. The van der Waals surface area contributed by atoms with E-state index >= 15 is 0 Å². The first-order chi connectivity index (χ1) is 12.7. The zero-order chi connectivity index (χ0) is 18.1. The summed E-state index contributed by atoms with van der Waals surface area (Å²) in [6.45, 7) is 0.109. The molecular weight excluding hydrogens is 336 g/mol. The molecule has 4 heterocycles. The highest BCUT2D eigenvalue weighted by Gasteiger charge is 2.44. The van der Waals surface area contributed by atoms with Crippen LogP contribution in [0.5, 0.6) is 0 Å². The maximum absolute atomic E-state index is 12.9. The largest absolute Gasteiger partial charge is 0.503 e. The normalized spacial score (nSPS) is 17.2. The van der Waals surface area contributed by atoms with Crippen LogP contribution in [0.1, 0.15) is 27.9 Å². The predicted molar refractivity (Wildman–Crippen MR) is 88.9 cm³/mol. The summed E-state index contributed by atoms with van der Waals surface area (Å²) < 4.78 is 10.5. The average molecular weight is 350 g/mol. The van der Waals surface area contributed by atoms with E-state index in [0.29, 0.717) is 11.3 Å². The molecule has 0 fully saturated rings. The molecule has 130 valence electrons. The molecule has 4 rings (SSSR count). The van der Waals surface area contributed by atoms with Gasteiger partial charge in [0, 0.05) is 12.4 Å². The molecule has 1 aliphatic heterocycles. The minimum absolute atomic E-state index is 0.0253. The van der Waals surface area contributed by atoms with Gasteiger partial charge in [-0.3, -0.25) is 14.6 Å². The van der Waals surface area contributed by atoms with Gasteiger partial charge in [0.05, 0.1) is 30.7 Å². The molecule has 1 amide bonds. The number of rotatable bonds is 5. The van der Waals surface area contributed by atoms with E-state index < -0.39 is 23.5 Å². The number of hydrogen-bond donors (Lipinski definition) is 1. The first-order valence-electron chi connectivity index (χ1n) is 7.91. The lowest BCUT2D eigenvalue weighted by Gasteiger charge is -2.25. The molecule has 1 atom stereocenters. The van der Waals surface area contributed by atoms with E-state index in [2.05, 4.69) is 4.98 Å². The van der Waals surface area contributed by atoms with Crippen LogP contribution in [0.15, 0.2) is 81.5 Å². The third-order valence-electron chi connectivity index (χ3n) is 4.22. The molecule has 1 aliphatic rings. The Morgan fingerprint density at radius 1 is 1.12 bits per heavy atom. The van der Waals surface area contributed by atoms with Crippen molar-refractivity contribution in [3.63, 3.8) is 0 Å². The molecule has 7 heteroatoms. The predicted octanol–water partition coefficient (Wildman–Crippen LogP) is 3.05. The molecule has 0 aliphatic carbocycles. The number of aliphatic hydroxyl groups excluding tert-OH is 1. The molecule has 0 saturated heterocycles. The highest BCUT2D eigenvalue weighted by atomic mass is 16.3. The SMILES string of the molecule is O=C(C1=C(O)C(=O)N(Cc2ccco2)C1c1ccncc1)c1ccco1. The quantitative estimate of drug-likeness (QED) is 0.711. The second-order valence-corrected chi connectivity index (χ2v) is 5.76. The summed E-state index contributed by atoms with van der Waals surface area (Å²) in [7, 11) is 0. The van der Waals surface area contributed by atoms with Gasteiger partial charge in [-0.25, -0.2) is 0 Å². The van der Waals surface area contributed by atoms with Crippen LogP contribution >= 0.6 is 0 Å². The number of aromatic nitrogens is 1. The summed E-state index contributed by atoms with van der Waals surface area (Å²) in [5, 5.41) is 10.4. The van der Waals surface area contributed by atoms with Gasteiger partial charge in [-0.15, -0.1) is 0 Å². The van der Waals surface area contributed by atoms with Crippen molar-refractivity contribution in [1.29, 1.82) is 0 Å². The van der Waals surface area contributed by atoms with Gasteiger partial charge >= 0.3 is 0 Å². The zero-order valence-electron chi connectivity index (χ0n) is 13.5. The standard InChI is InChI=1S/C19H14N2O5/c22-17(14-4-2-10-26-14)15-16(12-5-7-20-8-6-12)21(19(24)18(15)23)11-13-3-1-9-25-13/h1-10,16,23H,11H2. The molecule has 1 unspecified atom stereocenters. The Morgan fingerprint density at radius 3 is 2.50 bits per heavy atom. The minimum Gasteiger partial charge on any atom is -0.503 e. The highest BCUT2D eigenvalue weighted by Crippen LogP contribution is 2.39. The minimum atomic E-state index is -0.770. The Labute approximate surface area is 148 Å². The summed E-state index contributed by atoms with van der Waals surface area (Å²) in [5.41, 5.74) is 0.626. The lowest BCUT2D eigenvalue weighted by Crippen LogP contribution is -2.30. The highest BCUT2D eigenvalue weighted by molar-refractivity contribution is 6.14. The smallest absolute Gasteiger partial charge is 0.290 e. The monoisotopic (exact) mass is 350 g/mol. The number of carbonyl (C=O) groups excluding carboxylic acids is 2. The molecule has 3 aromatic rings. The summed E-state index contributed by atoms with van der Waals surface area (Å²) in [4.78, 5) is 30.9. The molecule has 0 saturated carbocycles. The molecule has 3 aromatic heterocycles. The summed E-state index contributed by atoms with van der Waals surface area (Å²) in [6.07, 6.45) is 5.99. The Bertz CT molecular complexity index is 959. The van der Waals surface area contributed by atoms with Gasteiger partial charge < -0.3 is 18.8 Å². The molecule has 0 aromatic carbocycles. The molecule has 0 bridgehead atoms. The van der Waals surface area contributed by atoms with Crippen LogP contribution in [0.3, 0.4) is 0 Å². The number of hydrogen-bond acceptors (Lipinski definition) is 6. The molecular formula is C19H14N2O5. The first kappa shape index (κ1) is 15.9. The van der Waals surface area contributed by atoms with E-state index in [1.54, 1.807) is 42.7 Å². The Balaban J connectivity index is 1.80. The molecule has 0 spiro atoms. The second-order valence-electron chi connectivity index (χ2n) is 5.76. The van der Waals surface area contributed by atoms with Crippen molar-refractivity contribution in [3.8, 4) is 0 Å². The van der Waals surface area contributed by atoms with Crippen LogP contribution in [0, 0.1) is 0 Å². The molecule has 1 N–H and O–H groups in total.